The van der Waals surface area contributed by atoms with E-state index in [1.807, 2.05) is 0 Å². The first-order chi connectivity index (χ1) is 33.7. The molecule has 0 N–H and O–H groups in total. The minimum Gasteiger partial charge on any atom is -0.309 e. The molecule has 1 heteroatoms. The monoisotopic (exact) mass is 891 g/mol. The van der Waals surface area contributed by atoms with Gasteiger partial charge in [0, 0.05) is 27.8 Å². The van der Waals surface area contributed by atoms with Crippen LogP contribution in [0.3, 0.4) is 0 Å². The summed E-state index contributed by atoms with van der Waals surface area (Å²) in [5, 5.41) is 2.58. The predicted molar refractivity (Wildman–Crippen MR) is 297 cm³/mol. The van der Waals surface area contributed by atoms with E-state index in [1.165, 1.54) is 118 Å². The predicted octanol–water partition coefficient (Wildman–Crippen LogP) is 18.7. The van der Waals surface area contributed by atoms with Gasteiger partial charge in [-0.15, -0.1) is 0 Å². The molecular weight excluding hydrogens is 831 g/mol. The molecule has 0 saturated carbocycles. The van der Waals surface area contributed by atoms with Crippen molar-refractivity contribution in [2.45, 2.75) is 65.2 Å². The molecule has 0 spiro atoms. The Morgan fingerprint density at radius 3 is 1.67 bits per heavy atom. The summed E-state index contributed by atoms with van der Waals surface area (Å²) in [4.78, 5) is 0. The number of para-hydroxylation sites is 2. The molecule has 1 unspecified atom stereocenters. The van der Waals surface area contributed by atoms with Crippen LogP contribution in [-0.4, -0.2) is 4.57 Å². The molecule has 0 amide bonds. The van der Waals surface area contributed by atoms with Gasteiger partial charge in [-0.1, -0.05) is 245 Å². The molecule has 2 aliphatic rings. The fourth-order valence-electron chi connectivity index (χ4n) is 10.3. The molecule has 1 heterocycles. The Kier molecular flexibility index (Phi) is 13.0. The Balaban J connectivity index is 0.000000130. The highest BCUT2D eigenvalue weighted by atomic mass is 15.0. The Labute approximate surface area is 409 Å². The maximum absolute atomic E-state index is 2.38. The lowest BCUT2D eigenvalue weighted by Gasteiger charge is -2.22. The van der Waals surface area contributed by atoms with E-state index in [2.05, 4.69) is 276 Å². The third-order valence-corrected chi connectivity index (χ3v) is 14.2. The molecule has 1 atom stereocenters. The average Bonchev–Trinajstić information content (AvgIpc) is 3.85. The lowest BCUT2D eigenvalue weighted by Crippen LogP contribution is -2.15. The van der Waals surface area contributed by atoms with Crippen LogP contribution in [0.4, 0.5) is 0 Å². The third-order valence-electron chi connectivity index (χ3n) is 14.2. The van der Waals surface area contributed by atoms with Gasteiger partial charge in [-0.25, -0.2) is 0 Å². The Hall–Kier alpha value is -7.74. The van der Waals surface area contributed by atoms with E-state index in [1.54, 1.807) is 0 Å². The summed E-state index contributed by atoms with van der Waals surface area (Å²) in [6, 6.07) is 79.1. The zero-order valence-electron chi connectivity index (χ0n) is 40.7. The summed E-state index contributed by atoms with van der Waals surface area (Å²) < 4.78 is 2.38. The van der Waals surface area contributed by atoms with Crippen molar-refractivity contribution in [2.24, 2.45) is 0 Å². The average molecular weight is 892 g/mol. The summed E-state index contributed by atoms with van der Waals surface area (Å²) in [6.45, 7) is 11.2. The second-order valence-corrected chi connectivity index (χ2v) is 19.3. The second-order valence-electron chi connectivity index (χ2n) is 19.3. The van der Waals surface area contributed by atoms with Crippen LogP contribution in [0.1, 0.15) is 74.3 Å². The molecule has 0 radical (unpaired) electrons. The number of nitrogens with zero attached hydrogens (tertiary/aromatic N) is 1. The van der Waals surface area contributed by atoms with Gasteiger partial charge < -0.3 is 4.57 Å². The van der Waals surface area contributed by atoms with E-state index in [9.17, 15) is 0 Å². The Morgan fingerprint density at radius 1 is 0.478 bits per heavy atom. The van der Waals surface area contributed by atoms with E-state index in [-0.39, 0.29) is 5.41 Å². The molecule has 10 aromatic rings. The van der Waals surface area contributed by atoms with Crippen LogP contribution in [0, 0.1) is 6.92 Å². The first-order valence-corrected chi connectivity index (χ1v) is 24.7. The highest BCUT2D eigenvalue weighted by Gasteiger charge is 2.35. The van der Waals surface area contributed by atoms with E-state index in [4.69, 9.17) is 0 Å². The van der Waals surface area contributed by atoms with Gasteiger partial charge in [0.05, 0.1) is 11.0 Å². The summed E-state index contributed by atoms with van der Waals surface area (Å²) in [7, 11) is 0. The molecule has 0 saturated heterocycles. The number of aryl methyl sites for hydroxylation is 2. The first-order valence-electron chi connectivity index (χ1n) is 24.7. The number of benzene rings is 9. The number of rotatable bonds is 7. The summed E-state index contributed by atoms with van der Waals surface area (Å²) in [5.41, 5.74) is 22.6. The van der Waals surface area contributed by atoms with E-state index >= 15 is 0 Å². The largest absolute Gasteiger partial charge is 0.309 e. The highest BCUT2D eigenvalue weighted by molar-refractivity contribution is 6.10. The number of hydrogen-bond donors (Lipinski definition) is 0. The number of aromatic nitrogens is 1. The van der Waals surface area contributed by atoms with Crippen molar-refractivity contribution in [2.75, 3.05) is 0 Å². The quantitative estimate of drug-likeness (QED) is 0.150. The maximum Gasteiger partial charge on any atom is 0.0547 e. The van der Waals surface area contributed by atoms with Crippen molar-refractivity contribution in [3.05, 3.63) is 270 Å². The number of hydrogen-bond acceptors (Lipinski definition) is 0. The second kappa shape index (κ2) is 19.8. The van der Waals surface area contributed by atoms with Gasteiger partial charge in [-0.05, 0) is 124 Å². The van der Waals surface area contributed by atoms with Gasteiger partial charge in [-0.3, -0.25) is 0 Å². The molecule has 2 aliphatic carbocycles. The standard InChI is InChI=1S/C31H25N.C22H20.C15H16/c1-22-11-13-23(14-12-22)24-15-17-25(18-16-24)26-19-20-29-28-9-5-6-10-30(28)32(31(29)21-26)27-7-3-2-4-8-27;1-15-9-11-18-19-12-10-17(16-7-5-4-6-8-16)14-21(19)22(2,3)20(18)13-15;1-2-6-13-9-11-15(12-10-13)14-7-4-3-5-8-14/h2-13,15-21,23H,14H2,1H3;4-14H,1-3H3;3-5,7-12H,2,6H2,1H3. The van der Waals surface area contributed by atoms with Crippen molar-refractivity contribution in [1.82, 2.24) is 4.57 Å². The third kappa shape index (κ3) is 9.43. The highest BCUT2D eigenvalue weighted by Crippen LogP contribution is 2.50. The molecule has 69 heavy (non-hydrogen) atoms. The SMILES string of the molecule is CC1=CCC(c2ccc(-c3ccc4c5ccccc5n(-c5ccccc5)c4c3)cc2)C=C1.CCCc1ccc(-c2ccccc2)cc1.Cc1ccc2c(c1)C(C)(C)c1cc(-c3ccccc3)ccc1-2. The normalized spacial score (nSPS) is 14.2. The van der Waals surface area contributed by atoms with Crippen LogP contribution in [0.15, 0.2) is 242 Å². The molecular formula is C68H61N. The van der Waals surface area contributed by atoms with E-state index in [0.29, 0.717) is 5.92 Å². The lowest BCUT2D eigenvalue weighted by molar-refractivity contribution is 0.660. The van der Waals surface area contributed by atoms with Crippen LogP contribution in [-0.2, 0) is 11.8 Å². The van der Waals surface area contributed by atoms with Crippen LogP contribution in [0.5, 0.6) is 0 Å². The molecule has 0 aliphatic heterocycles. The minimum absolute atomic E-state index is 0.0709. The topological polar surface area (TPSA) is 4.93 Å². The summed E-state index contributed by atoms with van der Waals surface area (Å²) in [6.07, 6.45) is 10.4. The molecule has 0 bridgehead atoms. The Morgan fingerprint density at radius 2 is 1.00 bits per heavy atom. The lowest BCUT2D eigenvalue weighted by atomic mass is 9.81. The van der Waals surface area contributed by atoms with Crippen molar-refractivity contribution >= 4 is 21.8 Å². The van der Waals surface area contributed by atoms with Crippen LogP contribution in [0.2, 0.25) is 0 Å². The van der Waals surface area contributed by atoms with Gasteiger partial charge in [0.25, 0.3) is 0 Å². The molecule has 9 aromatic carbocycles. The molecule has 1 aromatic heterocycles. The zero-order chi connectivity index (χ0) is 47.3. The Bertz CT molecular complexity index is 3420. The number of fused-ring (bicyclic) bond motifs is 6. The van der Waals surface area contributed by atoms with Crippen LogP contribution in [0.25, 0.3) is 72.0 Å². The maximum atomic E-state index is 2.38. The van der Waals surface area contributed by atoms with E-state index < -0.39 is 0 Å². The molecule has 338 valence electrons. The van der Waals surface area contributed by atoms with Crippen molar-refractivity contribution in [1.29, 1.82) is 0 Å². The van der Waals surface area contributed by atoms with Gasteiger partial charge in [-0.2, -0.15) is 0 Å². The van der Waals surface area contributed by atoms with Gasteiger partial charge in [0.1, 0.15) is 0 Å². The first kappa shape index (κ1) is 45.1. The number of allylic oxidation sites excluding steroid dienone is 4. The molecule has 1 nitrogen and oxygen atoms in total. The van der Waals surface area contributed by atoms with Crippen LogP contribution >= 0.6 is 0 Å². The van der Waals surface area contributed by atoms with Crippen molar-refractivity contribution in [3.8, 4) is 50.2 Å². The fourth-order valence-corrected chi connectivity index (χ4v) is 10.3. The zero-order valence-corrected chi connectivity index (χ0v) is 40.7. The molecule has 12 rings (SSSR count). The van der Waals surface area contributed by atoms with Crippen molar-refractivity contribution < 1.29 is 0 Å². The molecule has 0 fully saturated rings. The van der Waals surface area contributed by atoms with Crippen LogP contribution < -0.4 is 0 Å². The van der Waals surface area contributed by atoms with Gasteiger partial charge >= 0.3 is 0 Å². The van der Waals surface area contributed by atoms with Gasteiger partial charge in [0.2, 0.25) is 0 Å². The summed E-state index contributed by atoms with van der Waals surface area (Å²) >= 11 is 0. The summed E-state index contributed by atoms with van der Waals surface area (Å²) in [5.74, 6) is 0.482. The van der Waals surface area contributed by atoms with Crippen molar-refractivity contribution in [3.63, 3.8) is 0 Å². The van der Waals surface area contributed by atoms with E-state index in [0.717, 1.165) is 6.42 Å². The fraction of sp³-hybridized carbons (Fsp3) is 0.147. The smallest absolute Gasteiger partial charge is 0.0547 e. The van der Waals surface area contributed by atoms with Gasteiger partial charge in [0.15, 0.2) is 0 Å². The minimum atomic E-state index is 0.0709.